The van der Waals surface area contributed by atoms with Gasteiger partial charge < -0.3 is 19.2 Å². The molecule has 1 aliphatic heterocycles. The molecule has 0 saturated carbocycles. The van der Waals surface area contributed by atoms with Crippen molar-refractivity contribution in [1.82, 2.24) is 5.32 Å². The second-order valence-electron chi connectivity index (χ2n) is 8.22. The molecule has 4 rings (SSSR count). The molecule has 8 nitrogen and oxygen atoms in total. The van der Waals surface area contributed by atoms with Crippen LogP contribution in [0.25, 0.3) is 6.08 Å². The van der Waals surface area contributed by atoms with E-state index in [2.05, 4.69) is 5.32 Å². The summed E-state index contributed by atoms with van der Waals surface area (Å²) in [6, 6.07) is 15.4. The number of benzene rings is 2. The number of fused-ring (bicyclic) bond motifs is 1. The zero-order valence-corrected chi connectivity index (χ0v) is 25.4. The first-order valence-corrected chi connectivity index (χ1v) is 13.1. The summed E-state index contributed by atoms with van der Waals surface area (Å²) in [7, 11) is -10.00. The van der Waals surface area contributed by atoms with Gasteiger partial charge in [-0.2, -0.15) is 0 Å². The van der Waals surface area contributed by atoms with Crippen molar-refractivity contribution in [3.05, 3.63) is 89.5 Å². The summed E-state index contributed by atoms with van der Waals surface area (Å²) < 4.78 is 77.9. The van der Waals surface area contributed by atoms with E-state index in [0.29, 0.717) is 12.1 Å². The Morgan fingerprint density at radius 1 is 0.971 bits per heavy atom. The predicted octanol–water partition coefficient (Wildman–Crippen LogP) is -3.70. The Labute approximate surface area is 250 Å². The van der Waals surface area contributed by atoms with Gasteiger partial charge in [0.05, 0.1) is 6.04 Å². The Morgan fingerprint density at radius 3 is 2.17 bits per heavy atom. The van der Waals surface area contributed by atoms with E-state index >= 15 is 0 Å². The normalized spacial score (nSPS) is 25.5. The SMILES string of the molecule is COC1(C2NCc3ccccc32)C=CC(C=Cc2ccccc2)C(S(=O)(=O)[O-])(S(=O)(=O)[O-])C1.[Na+].[Na+]. The van der Waals surface area contributed by atoms with Crippen LogP contribution < -0.4 is 64.4 Å². The van der Waals surface area contributed by atoms with Gasteiger partial charge in [0.2, 0.25) is 0 Å². The molecule has 1 N–H and O–H groups in total. The van der Waals surface area contributed by atoms with Crippen LogP contribution in [0.5, 0.6) is 0 Å². The molecule has 0 amide bonds. The summed E-state index contributed by atoms with van der Waals surface area (Å²) in [5.74, 6) is -1.50. The molecule has 12 heteroatoms. The second-order valence-corrected chi connectivity index (χ2v) is 11.8. The van der Waals surface area contributed by atoms with Crippen molar-refractivity contribution in [3.8, 4) is 0 Å². The maximum atomic E-state index is 12.6. The monoisotopic (exact) mass is 535 g/mol. The zero-order chi connectivity index (χ0) is 23.9. The van der Waals surface area contributed by atoms with E-state index < -0.39 is 48.3 Å². The minimum atomic E-state index is -5.65. The van der Waals surface area contributed by atoms with E-state index in [1.165, 1.54) is 25.3 Å². The van der Waals surface area contributed by atoms with Crippen molar-refractivity contribution < 1.29 is 89.8 Å². The standard InChI is InChI=1S/C23H25NO7S2.2Na/c1-31-22(21-20-10-6-5-9-18(20)15-24-21)14-13-19(12-11-17-7-3-2-4-8-17)23(16-22,32(25,26)27)33(28,29)30;;/h2-14,19,21,24H,15-16H2,1H3,(H,25,26,27)(H,28,29,30);;/q;2*+1/p-2. The van der Waals surface area contributed by atoms with Crippen molar-refractivity contribution in [1.29, 1.82) is 0 Å². The van der Waals surface area contributed by atoms with Crippen LogP contribution >= 0.6 is 0 Å². The molecule has 2 aromatic rings. The van der Waals surface area contributed by atoms with Gasteiger partial charge in [0.15, 0.2) is 4.08 Å². The molecule has 35 heavy (non-hydrogen) atoms. The Balaban J connectivity index is 0.00000216. The number of hydrogen-bond donors (Lipinski definition) is 1. The summed E-state index contributed by atoms with van der Waals surface area (Å²) in [5.41, 5.74) is 0.807. The third kappa shape index (κ3) is 5.59. The number of allylic oxidation sites excluding steroid dienone is 2. The van der Waals surface area contributed by atoms with Gasteiger partial charge in [-0.3, -0.25) is 0 Å². The van der Waals surface area contributed by atoms with Crippen LogP contribution in [0.2, 0.25) is 0 Å². The van der Waals surface area contributed by atoms with Gasteiger partial charge in [-0.1, -0.05) is 78.9 Å². The van der Waals surface area contributed by atoms with Gasteiger partial charge in [-0.15, -0.1) is 0 Å². The molecule has 0 fully saturated rings. The van der Waals surface area contributed by atoms with Crippen LogP contribution in [0.3, 0.4) is 0 Å². The smallest absolute Gasteiger partial charge is 0.747 e. The molecule has 2 aromatic carbocycles. The maximum Gasteiger partial charge on any atom is 1.00 e. The Morgan fingerprint density at radius 2 is 1.57 bits per heavy atom. The molecule has 0 saturated heterocycles. The number of rotatable bonds is 6. The maximum absolute atomic E-state index is 12.6. The van der Waals surface area contributed by atoms with E-state index in [-0.39, 0.29) is 59.1 Å². The number of methoxy groups -OCH3 is 1. The van der Waals surface area contributed by atoms with Gasteiger partial charge >= 0.3 is 59.1 Å². The number of nitrogens with one attached hydrogen (secondary N) is 1. The van der Waals surface area contributed by atoms with Gasteiger partial charge in [-0.05, 0) is 16.7 Å². The largest absolute Gasteiger partial charge is 1.00 e. The fraction of sp³-hybridized carbons (Fsp3) is 0.304. The summed E-state index contributed by atoms with van der Waals surface area (Å²) in [6.45, 7) is 0.443. The van der Waals surface area contributed by atoms with Crippen LogP contribution in [-0.4, -0.2) is 42.7 Å². The fourth-order valence-corrected chi connectivity index (χ4v) is 7.58. The third-order valence-electron chi connectivity index (χ3n) is 6.49. The van der Waals surface area contributed by atoms with Crippen molar-refractivity contribution >= 4 is 26.3 Å². The van der Waals surface area contributed by atoms with E-state index in [4.69, 9.17) is 4.74 Å². The first kappa shape index (κ1) is 30.9. The van der Waals surface area contributed by atoms with Crippen LogP contribution in [-0.2, 0) is 31.5 Å². The van der Waals surface area contributed by atoms with Gasteiger partial charge in [0.25, 0.3) is 0 Å². The predicted molar refractivity (Wildman–Crippen MR) is 121 cm³/mol. The van der Waals surface area contributed by atoms with E-state index in [9.17, 15) is 25.9 Å². The Bertz CT molecular complexity index is 1280. The van der Waals surface area contributed by atoms with Crippen LogP contribution in [0, 0.1) is 5.92 Å². The van der Waals surface area contributed by atoms with E-state index in [0.717, 1.165) is 11.1 Å². The Kier molecular flexibility index (Phi) is 10.2. The number of ether oxygens (including phenoxy) is 1. The van der Waals surface area contributed by atoms with Crippen LogP contribution in [0.4, 0.5) is 0 Å². The second kappa shape index (κ2) is 11.6. The molecular formula is C23H23NNa2O7S2. The minimum absolute atomic E-state index is 0. The minimum Gasteiger partial charge on any atom is -0.747 e. The molecule has 176 valence electrons. The zero-order valence-electron chi connectivity index (χ0n) is 19.7. The molecule has 0 spiro atoms. The molecule has 3 atom stereocenters. The third-order valence-corrected chi connectivity index (χ3v) is 10.2. The van der Waals surface area contributed by atoms with Crippen molar-refractivity contribution in [2.45, 2.75) is 28.7 Å². The van der Waals surface area contributed by atoms with Crippen molar-refractivity contribution in [2.75, 3.05) is 7.11 Å². The fourth-order valence-electron chi connectivity index (χ4n) is 4.79. The molecule has 0 aromatic heterocycles. The van der Waals surface area contributed by atoms with Crippen molar-refractivity contribution in [3.63, 3.8) is 0 Å². The summed E-state index contributed by atoms with van der Waals surface area (Å²) in [4.78, 5) is 0. The topological polar surface area (TPSA) is 136 Å². The summed E-state index contributed by atoms with van der Waals surface area (Å²) in [5, 5.41) is 3.21. The van der Waals surface area contributed by atoms with Crippen molar-refractivity contribution in [2.24, 2.45) is 5.92 Å². The molecule has 3 unspecified atom stereocenters. The molecule has 0 radical (unpaired) electrons. The van der Waals surface area contributed by atoms with Gasteiger partial charge in [0, 0.05) is 26.0 Å². The quantitative estimate of drug-likeness (QED) is 0.227. The first-order chi connectivity index (χ1) is 15.5. The average Bonchev–Trinajstić information content (AvgIpc) is 3.21. The van der Waals surface area contributed by atoms with Crippen LogP contribution in [0.15, 0.2) is 72.8 Å². The summed E-state index contributed by atoms with van der Waals surface area (Å²) in [6.07, 6.45) is 4.75. The molecule has 2 aliphatic rings. The number of hydrogen-bond acceptors (Lipinski definition) is 8. The molecule has 1 heterocycles. The molecule has 1 aliphatic carbocycles. The van der Waals surface area contributed by atoms with Gasteiger partial charge in [0.1, 0.15) is 25.8 Å². The van der Waals surface area contributed by atoms with E-state index in [1.54, 1.807) is 42.5 Å². The average molecular weight is 536 g/mol. The molecule has 0 bridgehead atoms. The Hall–Kier alpha value is -0.340. The summed E-state index contributed by atoms with van der Waals surface area (Å²) >= 11 is 0. The molecular weight excluding hydrogens is 512 g/mol. The van der Waals surface area contributed by atoms with E-state index in [1.807, 2.05) is 18.2 Å². The first-order valence-electron chi connectivity index (χ1n) is 10.2. The van der Waals surface area contributed by atoms with Crippen LogP contribution in [0.1, 0.15) is 29.2 Å². The van der Waals surface area contributed by atoms with Gasteiger partial charge in [-0.25, -0.2) is 16.8 Å².